The lowest BCUT2D eigenvalue weighted by Gasteiger charge is -2.23. The lowest BCUT2D eigenvalue weighted by Crippen LogP contribution is -2.25. The van der Waals surface area contributed by atoms with Crippen LogP contribution in [0.5, 0.6) is 11.5 Å². The van der Waals surface area contributed by atoms with E-state index < -0.39 is 23.5 Å². The Labute approximate surface area is 321 Å². The van der Waals surface area contributed by atoms with Crippen LogP contribution in [0.2, 0.25) is 0 Å². The van der Waals surface area contributed by atoms with Crippen molar-refractivity contribution < 1.29 is 40.6 Å². The van der Waals surface area contributed by atoms with E-state index in [0.29, 0.717) is 29.1 Å². The van der Waals surface area contributed by atoms with Gasteiger partial charge in [-0.05, 0) is 101 Å². The molecule has 0 saturated carbocycles. The second kappa shape index (κ2) is 16.4. The molecule has 1 N–H and O–H groups in total. The number of alkyl halides is 6. The molecule has 0 fully saturated rings. The number of benzene rings is 5. The van der Waals surface area contributed by atoms with Crippen molar-refractivity contribution in [3.63, 3.8) is 0 Å². The quantitative estimate of drug-likeness (QED) is 0.0714. The van der Waals surface area contributed by atoms with Crippen LogP contribution in [0.3, 0.4) is 0 Å². The van der Waals surface area contributed by atoms with Gasteiger partial charge in [-0.1, -0.05) is 42.5 Å². The van der Waals surface area contributed by atoms with Crippen LogP contribution in [0.1, 0.15) is 38.2 Å². The maximum absolute atomic E-state index is 13.7. The Morgan fingerprint density at radius 2 is 1.49 bits per heavy atom. The number of hydrogen-bond acceptors (Lipinski definition) is 6. The molecule has 0 aliphatic carbocycles. The highest BCUT2D eigenvalue weighted by Gasteiger charge is 2.38. The average Bonchev–Trinajstić information content (AvgIpc) is 3.80. The molecule has 1 aliphatic heterocycles. The first-order valence-corrected chi connectivity index (χ1v) is 18.9. The van der Waals surface area contributed by atoms with Crippen molar-refractivity contribution in [3.8, 4) is 11.5 Å². The summed E-state index contributed by atoms with van der Waals surface area (Å²) in [6.07, 6.45) is -8.34. The van der Waals surface area contributed by atoms with Crippen LogP contribution in [-0.4, -0.2) is 34.5 Å². The summed E-state index contributed by atoms with van der Waals surface area (Å²) in [6, 6.07) is 32.3. The highest BCUT2D eigenvalue weighted by molar-refractivity contribution is 7.99. The fraction of sp³-hybridized carbons (Fsp3) is 0.195. The molecular formula is C41H33F6N3O3S2. The molecule has 5 aromatic carbocycles. The minimum absolute atomic E-state index is 0.139. The molecule has 0 unspecified atom stereocenters. The molecule has 6 aromatic rings. The summed E-state index contributed by atoms with van der Waals surface area (Å²) in [5.41, 5.74) is 0.0771. The number of carbonyl (C=O) groups is 1. The van der Waals surface area contributed by atoms with Crippen LogP contribution in [0.4, 0.5) is 26.3 Å². The topological polar surface area (TPSA) is 55.7 Å². The SMILES string of the molecule is O=C(NSc1ccc(CN(CCSc2ccccc2)Cc2ccc3c(c2)OCO3)cc1)c1ccc2c(ccn2Cc2ccc(C(F)(F)F)cc2C(F)(F)F)c1. The molecule has 0 radical (unpaired) electrons. The van der Waals surface area contributed by atoms with Crippen molar-refractivity contribution in [1.82, 2.24) is 14.2 Å². The first-order valence-electron chi connectivity index (χ1n) is 17.1. The van der Waals surface area contributed by atoms with E-state index in [0.717, 1.165) is 64.4 Å². The summed E-state index contributed by atoms with van der Waals surface area (Å²) in [5, 5.41) is 0.593. The third-order valence-electron chi connectivity index (χ3n) is 8.97. The van der Waals surface area contributed by atoms with E-state index in [-0.39, 0.29) is 30.9 Å². The number of nitrogens with zero attached hydrogens (tertiary/aromatic N) is 2. The van der Waals surface area contributed by atoms with Gasteiger partial charge in [-0.2, -0.15) is 26.3 Å². The molecule has 1 aliphatic rings. The molecule has 0 saturated heterocycles. The molecule has 0 spiro atoms. The molecule has 1 amide bonds. The van der Waals surface area contributed by atoms with Gasteiger partial charge < -0.3 is 14.0 Å². The molecule has 55 heavy (non-hydrogen) atoms. The highest BCUT2D eigenvalue weighted by atomic mass is 32.2. The van der Waals surface area contributed by atoms with Gasteiger partial charge in [0.2, 0.25) is 6.79 Å². The van der Waals surface area contributed by atoms with Crippen molar-refractivity contribution in [3.05, 3.63) is 155 Å². The van der Waals surface area contributed by atoms with Gasteiger partial charge in [0, 0.05) is 64.4 Å². The monoisotopic (exact) mass is 793 g/mol. The van der Waals surface area contributed by atoms with Crippen molar-refractivity contribution in [2.24, 2.45) is 0 Å². The van der Waals surface area contributed by atoms with Crippen LogP contribution >= 0.6 is 23.7 Å². The standard InChI is InChI=1S/C41H33F6N3O3S2/c42-40(43,44)32-11-9-31(35(22-32)41(45,46)47)25-50-17-16-29-21-30(10-14-36(29)50)39(51)48-55-34-12-6-27(7-13-34)23-49(18-19-54-33-4-2-1-3-5-33)24-28-8-15-37-38(20-28)53-26-52-37/h1-17,20-22H,18-19,23-26H2,(H,48,51). The Balaban J connectivity index is 0.972. The number of aromatic nitrogens is 1. The summed E-state index contributed by atoms with van der Waals surface area (Å²) < 4.78 is 96.0. The zero-order valence-corrected chi connectivity index (χ0v) is 30.6. The molecule has 7 rings (SSSR count). The number of fused-ring (bicyclic) bond motifs is 2. The summed E-state index contributed by atoms with van der Waals surface area (Å²) >= 11 is 2.97. The normalized spacial score (nSPS) is 12.8. The van der Waals surface area contributed by atoms with E-state index >= 15 is 0 Å². The van der Waals surface area contributed by atoms with Crippen molar-refractivity contribution in [1.29, 1.82) is 0 Å². The number of ether oxygens (including phenoxy) is 2. The number of hydrogen-bond donors (Lipinski definition) is 1. The summed E-state index contributed by atoms with van der Waals surface area (Å²) in [7, 11) is 0. The number of rotatable bonds is 13. The maximum Gasteiger partial charge on any atom is 0.416 e. The van der Waals surface area contributed by atoms with Crippen molar-refractivity contribution in [2.75, 3.05) is 19.1 Å². The summed E-state index contributed by atoms with van der Waals surface area (Å²) in [5.74, 6) is 2.04. The third-order valence-corrected chi connectivity index (χ3v) is 10.8. The smallest absolute Gasteiger partial charge is 0.416 e. The lowest BCUT2D eigenvalue weighted by molar-refractivity contribution is -0.143. The Kier molecular flexibility index (Phi) is 11.4. The van der Waals surface area contributed by atoms with Crippen LogP contribution in [-0.2, 0) is 32.0 Å². The van der Waals surface area contributed by atoms with Gasteiger partial charge in [-0.15, -0.1) is 11.8 Å². The maximum atomic E-state index is 13.7. The second-order valence-corrected chi connectivity index (χ2v) is 14.9. The number of nitrogens with one attached hydrogen (secondary N) is 1. The Morgan fingerprint density at radius 3 is 2.25 bits per heavy atom. The molecule has 0 atom stereocenters. The Morgan fingerprint density at radius 1 is 0.745 bits per heavy atom. The Hall–Kier alpha value is -5.05. The molecule has 284 valence electrons. The minimum Gasteiger partial charge on any atom is -0.454 e. The molecule has 1 aromatic heterocycles. The first kappa shape index (κ1) is 38.2. The zero-order valence-electron chi connectivity index (χ0n) is 29.0. The average molecular weight is 794 g/mol. The number of halogens is 6. The van der Waals surface area contributed by atoms with E-state index in [9.17, 15) is 31.1 Å². The lowest BCUT2D eigenvalue weighted by atomic mass is 10.0. The van der Waals surface area contributed by atoms with Gasteiger partial charge in [0.15, 0.2) is 11.5 Å². The second-order valence-electron chi connectivity index (χ2n) is 12.8. The van der Waals surface area contributed by atoms with E-state index in [1.54, 1.807) is 42.2 Å². The van der Waals surface area contributed by atoms with Gasteiger partial charge >= 0.3 is 12.4 Å². The Bertz CT molecular complexity index is 2280. The first-order chi connectivity index (χ1) is 26.4. The fourth-order valence-corrected chi connectivity index (χ4v) is 7.76. The van der Waals surface area contributed by atoms with E-state index in [1.807, 2.05) is 54.6 Å². The molecule has 2 heterocycles. The zero-order chi connectivity index (χ0) is 38.6. The van der Waals surface area contributed by atoms with E-state index in [1.165, 1.54) is 9.46 Å². The van der Waals surface area contributed by atoms with E-state index in [4.69, 9.17) is 9.47 Å². The van der Waals surface area contributed by atoms with Crippen molar-refractivity contribution in [2.45, 2.75) is 41.8 Å². The van der Waals surface area contributed by atoms with Gasteiger partial charge in [0.1, 0.15) is 0 Å². The van der Waals surface area contributed by atoms with Gasteiger partial charge in [0.05, 0.1) is 11.1 Å². The fourth-order valence-electron chi connectivity index (χ4n) is 6.22. The number of carbonyl (C=O) groups excluding carboxylic acids is 1. The highest BCUT2D eigenvalue weighted by Crippen LogP contribution is 2.38. The molecule has 0 bridgehead atoms. The molecule has 14 heteroatoms. The summed E-state index contributed by atoms with van der Waals surface area (Å²) in [6.45, 7) is 2.18. The number of thioether (sulfide) groups is 1. The van der Waals surface area contributed by atoms with Gasteiger partial charge in [-0.3, -0.25) is 14.4 Å². The summed E-state index contributed by atoms with van der Waals surface area (Å²) in [4.78, 5) is 17.5. The van der Waals surface area contributed by atoms with Crippen LogP contribution in [0.15, 0.2) is 131 Å². The largest absolute Gasteiger partial charge is 0.454 e. The van der Waals surface area contributed by atoms with Gasteiger partial charge in [-0.25, -0.2) is 0 Å². The van der Waals surface area contributed by atoms with Crippen LogP contribution in [0.25, 0.3) is 10.9 Å². The molecule has 6 nitrogen and oxygen atoms in total. The van der Waals surface area contributed by atoms with Crippen LogP contribution in [0, 0.1) is 0 Å². The predicted octanol–water partition coefficient (Wildman–Crippen LogP) is 10.7. The van der Waals surface area contributed by atoms with Gasteiger partial charge in [0.25, 0.3) is 5.91 Å². The molecular weight excluding hydrogens is 761 g/mol. The number of amides is 1. The van der Waals surface area contributed by atoms with Crippen LogP contribution < -0.4 is 14.2 Å². The third kappa shape index (κ3) is 9.61. The van der Waals surface area contributed by atoms with E-state index in [2.05, 4.69) is 27.8 Å². The van der Waals surface area contributed by atoms with Crippen molar-refractivity contribution >= 4 is 40.5 Å². The minimum atomic E-state index is -4.97. The predicted molar refractivity (Wildman–Crippen MR) is 201 cm³/mol.